The van der Waals surface area contributed by atoms with Gasteiger partial charge in [0.05, 0.1) is 10.6 Å². The monoisotopic (exact) mass is 465 g/mol. The lowest BCUT2D eigenvalue weighted by Crippen LogP contribution is -2.25. The van der Waals surface area contributed by atoms with Crippen molar-refractivity contribution < 1.29 is 9.18 Å². The van der Waals surface area contributed by atoms with E-state index < -0.39 is 11.7 Å². The van der Waals surface area contributed by atoms with E-state index in [0.29, 0.717) is 16.5 Å². The molecule has 0 saturated heterocycles. The van der Waals surface area contributed by atoms with Crippen molar-refractivity contribution in [1.82, 2.24) is 14.9 Å². The topological polar surface area (TPSA) is 84.1 Å². The average molecular weight is 466 g/mol. The van der Waals surface area contributed by atoms with Gasteiger partial charge in [-0.05, 0) is 48.9 Å². The first-order chi connectivity index (χ1) is 15.8. The number of aromatic nitrogens is 2. The van der Waals surface area contributed by atoms with Crippen molar-refractivity contribution >= 4 is 29.0 Å². The summed E-state index contributed by atoms with van der Waals surface area (Å²) in [6.07, 6.45) is 8.16. The van der Waals surface area contributed by atoms with Gasteiger partial charge in [0.2, 0.25) is 0 Å². The fourth-order valence-corrected chi connectivity index (χ4v) is 5.73. The number of carbonyl (C=O) groups is 1. The summed E-state index contributed by atoms with van der Waals surface area (Å²) in [4.78, 5) is 22.7. The molecule has 2 aromatic heterocycles. The van der Waals surface area contributed by atoms with Crippen LogP contribution in [0.3, 0.4) is 0 Å². The number of fused-ring (bicyclic) bond motifs is 2. The number of anilines is 2. The molecule has 2 aliphatic rings. The number of hydrogen-bond acceptors (Lipinski definition) is 5. The van der Waals surface area contributed by atoms with E-state index in [0.717, 1.165) is 37.2 Å². The summed E-state index contributed by atoms with van der Waals surface area (Å²) in [6, 6.07) is 7.18. The Hall–Kier alpha value is -3.19. The Morgan fingerprint density at radius 1 is 1.27 bits per heavy atom. The maximum Gasteiger partial charge on any atom is 0.258 e. The third-order valence-electron chi connectivity index (χ3n) is 6.99. The van der Waals surface area contributed by atoms with Gasteiger partial charge in [0, 0.05) is 67.0 Å². The summed E-state index contributed by atoms with van der Waals surface area (Å²) in [7, 11) is 3.12. The second-order valence-corrected chi connectivity index (χ2v) is 9.54. The molecule has 1 aliphatic heterocycles. The third kappa shape index (κ3) is 3.42. The van der Waals surface area contributed by atoms with Crippen LogP contribution in [0.1, 0.15) is 46.7 Å². The van der Waals surface area contributed by atoms with Gasteiger partial charge >= 0.3 is 0 Å². The number of nitrogens with one attached hydrogen (secondary N) is 1. The SMILES string of the molecule is CN(C)C(=O)c1c(N)ccc(-c2cnc3c(c2Cl)C2(CCC(c4cccnc4)C2)CN3)c1F. The van der Waals surface area contributed by atoms with Gasteiger partial charge in [0.1, 0.15) is 11.6 Å². The van der Waals surface area contributed by atoms with Gasteiger partial charge in [-0.2, -0.15) is 0 Å². The lowest BCUT2D eigenvalue weighted by atomic mass is 9.79. The molecular formula is C25H25ClFN5O. The van der Waals surface area contributed by atoms with Gasteiger partial charge < -0.3 is 16.0 Å². The van der Waals surface area contributed by atoms with Crippen molar-refractivity contribution in [2.45, 2.75) is 30.6 Å². The van der Waals surface area contributed by atoms with Crippen LogP contribution in [-0.2, 0) is 5.41 Å². The van der Waals surface area contributed by atoms with Crippen LogP contribution in [0.5, 0.6) is 0 Å². The molecule has 6 nitrogen and oxygen atoms in total. The van der Waals surface area contributed by atoms with E-state index in [-0.39, 0.29) is 22.2 Å². The van der Waals surface area contributed by atoms with Gasteiger partial charge in [-0.25, -0.2) is 9.37 Å². The number of carbonyl (C=O) groups excluding carboxylic acids is 1. The zero-order chi connectivity index (χ0) is 23.3. The van der Waals surface area contributed by atoms with Crippen LogP contribution in [0, 0.1) is 5.82 Å². The van der Waals surface area contributed by atoms with Gasteiger partial charge in [-0.15, -0.1) is 0 Å². The molecule has 2 unspecified atom stereocenters. The number of nitrogens with two attached hydrogens (primary N) is 1. The Morgan fingerprint density at radius 2 is 2.09 bits per heavy atom. The molecule has 1 spiro atoms. The van der Waals surface area contributed by atoms with Crippen LogP contribution in [0.2, 0.25) is 5.02 Å². The van der Waals surface area contributed by atoms with Gasteiger partial charge in [-0.3, -0.25) is 9.78 Å². The highest BCUT2D eigenvalue weighted by atomic mass is 35.5. The first kappa shape index (κ1) is 21.6. The number of hydrogen-bond donors (Lipinski definition) is 2. The standard InChI is InChI=1S/C25H25ClFN5O/c1-32(2)24(33)19-18(28)6-5-16(22(19)27)17-12-30-23-20(21(17)26)25(13-31-23)8-7-14(10-25)15-4-3-9-29-11-15/h3-6,9,11-12,14H,7-8,10,13,28H2,1-2H3,(H,30,31). The smallest absolute Gasteiger partial charge is 0.258 e. The van der Waals surface area contributed by atoms with E-state index in [2.05, 4.69) is 21.4 Å². The molecule has 33 heavy (non-hydrogen) atoms. The van der Waals surface area contributed by atoms with Crippen LogP contribution in [-0.4, -0.2) is 41.4 Å². The molecule has 0 radical (unpaired) electrons. The summed E-state index contributed by atoms with van der Waals surface area (Å²) in [5.74, 6) is -0.0536. The number of amides is 1. The average Bonchev–Trinajstić information content (AvgIpc) is 3.40. The lowest BCUT2D eigenvalue weighted by molar-refractivity contribution is 0.0824. The summed E-state index contributed by atoms with van der Waals surface area (Å²) in [5, 5.41) is 3.88. The molecular weight excluding hydrogens is 441 g/mol. The van der Waals surface area contributed by atoms with Gasteiger partial charge in [-0.1, -0.05) is 17.7 Å². The number of nitrogens with zero attached hydrogens (tertiary/aromatic N) is 3. The van der Waals surface area contributed by atoms with E-state index >= 15 is 4.39 Å². The summed E-state index contributed by atoms with van der Waals surface area (Å²) < 4.78 is 15.6. The molecule has 3 N–H and O–H groups in total. The van der Waals surface area contributed by atoms with Crippen molar-refractivity contribution in [1.29, 1.82) is 0 Å². The minimum Gasteiger partial charge on any atom is -0.398 e. The molecule has 0 bridgehead atoms. The minimum absolute atomic E-state index is 0.0911. The Kier molecular flexibility index (Phi) is 5.24. The van der Waals surface area contributed by atoms with E-state index in [9.17, 15) is 4.79 Å². The molecule has 3 aromatic rings. The van der Waals surface area contributed by atoms with Crippen LogP contribution < -0.4 is 11.1 Å². The second kappa shape index (κ2) is 7.99. The molecule has 1 aromatic carbocycles. The van der Waals surface area contributed by atoms with Crippen molar-refractivity contribution in [3.63, 3.8) is 0 Å². The van der Waals surface area contributed by atoms with Gasteiger partial charge in [0.15, 0.2) is 0 Å². The zero-order valence-electron chi connectivity index (χ0n) is 18.5. The Labute approximate surface area is 197 Å². The Bertz CT molecular complexity index is 1250. The number of benzene rings is 1. The Morgan fingerprint density at radius 3 is 2.82 bits per heavy atom. The molecule has 2 atom stereocenters. The molecule has 1 amide bonds. The first-order valence-electron chi connectivity index (χ1n) is 10.9. The largest absolute Gasteiger partial charge is 0.398 e. The fourth-order valence-electron chi connectivity index (χ4n) is 5.29. The molecule has 1 saturated carbocycles. The van der Waals surface area contributed by atoms with Crippen molar-refractivity contribution in [3.05, 3.63) is 70.4 Å². The lowest BCUT2D eigenvalue weighted by Gasteiger charge is -2.25. The van der Waals surface area contributed by atoms with E-state index in [1.54, 1.807) is 38.6 Å². The van der Waals surface area contributed by atoms with Crippen LogP contribution >= 0.6 is 11.6 Å². The maximum absolute atomic E-state index is 15.6. The molecule has 1 aliphatic carbocycles. The molecule has 5 rings (SSSR count). The molecule has 8 heteroatoms. The predicted octanol–water partition coefficient (Wildman–Crippen LogP) is 4.85. The van der Waals surface area contributed by atoms with Crippen LogP contribution in [0.4, 0.5) is 15.9 Å². The van der Waals surface area contributed by atoms with Crippen LogP contribution in [0.15, 0.2) is 42.9 Å². The predicted molar refractivity (Wildman–Crippen MR) is 128 cm³/mol. The van der Waals surface area contributed by atoms with E-state index in [1.807, 2.05) is 12.3 Å². The normalized spacial score (nSPS) is 21.2. The summed E-state index contributed by atoms with van der Waals surface area (Å²) in [5.41, 5.74) is 8.55. The molecule has 1 fully saturated rings. The minimum atomic E-state index is -0.683. The summed E-state index contributed by atoms with van der Waals surface area (Å²) in [6.45, 7) is 0.740. The number of rotatable bonds is 3. The quantitative estimate of drug-likeness (QED) is 0.540. The molecule has 170 valence electrons. The summed E-state index contributed by atoms with van der Waals surface area (Å²) >= 11 is 6.97. The van der Waals surface area contributed by atoms with Crippen molar-refractivity contribution in [2.75, 3.05) is 31.7 Å². The Balaban J connectivity index is 1.58. The number of nitrogen functional groups attached to an aromatic ring is 1. The van der Waals surface area contributed by atoms with E-state index in [1.165, 1.54) is 10.5 Å². The zero-order valence-corrected chi connectivity index (χ0v) is 19.3. The van der Waals surface area contributed by atoms with Crippen molar-refractivity contribution in [2.24, 2.45) is 0 Å². The first-order valence-corrected chi connectivity index (χ1v) is 11.3. The highest BCUT2D eigenvalue weighted by molar-refractivity contribution is 6.34. The fraction of sp³-hybridized carbons (Fsp3) is 0.320. The third-order valence-corrected chi connectivity index (χ3v) is 7.38. The van der Waals surface area contributed by atoms with Crippen molar-refractivity contribution in [3.8, 4) is 11.1 Å². The maximum atomic E-state index is 15.6. The van der Waals surface area contributed by atoms with E-state index in [4.69, 9.17) is 17.3 Å². The molecule has 3 heterocycles. The highest BCUT2D eigenvalue weighted by Crippen LogP contribution is 2.55. The second-order valence-electron chi connectivity index (χ2n) is 9.16. The van der Waals surface area contributed by atoms with Gasteiger partial charge in [0.25, 0.3) is 5.91 Å². The number of pyridine rings is 2. The highest BCUT2D eigenvalue weighted by Gasteiger charge is 2.47. The number of halogens is 2. The van der Waals surface area contributed by atoms with Crippen LogP contribution in [0.25, 0.3) is 11.1 Å².